The van der Waals surface area contributed by atoms with Gasteiger partial charge in [0.25, 0.3) is 0 Å². The highest BCUT2D eigenvalue weighted by molar-refractivity contribution is 5.86. The van der Waals surface area contributed by atoms with Crippen LogP contribution in [0, 0.1) is 24.7 Å². The first kappa shape index (κ1) is 20.3. The number of nitrogens with one attached hydrogen (secondary N) is 3. The van der Waals surface area contributed by atoms with Crippen LogP contribution in [-0.2, 0) is 14.3 Å². The van der Waals surface area contributed by atoms with E-state index in [9.17, 15) is 14.4 Å². The zero-order chi connectivity index (χ0) is 17.9. The fourth-order valence-electron chi connectivity index (χ4n) is 1.49. The summed E-state index contributed by atoms with van der Waals surface area (Å²) in [5.41, 5.74) is -0.700. The van der Waals surface area contributed by atoms with Crippen LogP contribution < -0.4 is 16.0 Å². The van der Waals surface area contributed by atoms with Gasteiger partial charge in [0.2, 0.25) is 11.8 Å². The molecule has 0 aliphatic rings. The van der Waals surface area contributed by atoms with Gasteiger partial charge < -0.3 is 20.7 Å². The van der Waals surface area contributed by atoms with E-state index in [1.54, 1.807) is 20.8 Å². The number of hydrogen-bond donors (Lipinski definition) is 3. The molecular weight excluding hydrogens is 298 g/mol. The number of carbonyl (C=O) groups excluding carboxylic acids is 3. The Morgan fingerprint density at radius 3 is 2.17 bits per heavy atom. The van der Waals surface area contributed by atoms with Gasteiger partial charge in [0.15, 0.2) is 0 Å². The molecule has 0 aliphatic carbocycles. The molecule has 0 heterocycles. The summed E-state index contributed by atoms with van der Waals surface area (Å²) >= 11 is 0. The number of amides is 3. The van der Waals surface area contributed by atoms with Crippen molar-refractivity contribution in [1.29, 1.82) is 0 Å². The van der Waals surface area contributed by atoms with E-state index in [1.807, 2.05) is 0 Å². The third kappa shape index (κ3) is 10.7. The normalized spacial score (nSPS) is 11.3. The van der Waals surface area contributed by atoms with E-state index in [1.165, 1.54) is 0 Å². The standard InChI is InChI=1S/C16H23N3O4/c1-6-10-17-13(20)9-8-12(14(21)18-11-7-2)19-15(22)23-16(3,4)5/h1-2,12H,8-11H2,3-5H3,(H,17,20)(H,18,21)(H,19,22). The van der Waals surface area contributed by atoms with Crippen molar-refractivity contribution in [2.45, 2.75) is 45.3 Å². The van der Waals surface area contributed by atoms with E-state index in [-0.39, 0.29) is 31.8 Å². The largest absolute Gasteiger partial charge is 0.444 e. The molecule has 1 unspecified atom stereocenters. The first-order valence-electron chi connectivity index (χ1n) is 7.10. The SMILES string of the molecule is C#CCNC(=O)CCC(NC(=O)OC(C)(C)C)C(=O)NCC#C. The summed E-state index contributed by atoms with van der Waals surface area (Å²) in [6.45, 7) is 5.23. The molecule has 3 N–H and O–H groups in total. The smallest absolute Gasteiger partial charge is 0.408 e. The lowest BCUT2D eigenvalue weighted by atomic mass is 10.1. The molecular formula is C16H23N3O4. The molecule has 0 aromatic carbocycles. The second-order valence-electron chi connectivity index (χ2n) is 5.64. The van der Waals surface area contributed by atoms with Gasteiger partial charge in [-0.1, -0.05) is 11.8 Å². The Labute approximate surface area is 136 Å². The van der Waals surface area contributed by atoms with Crippen LogP contribution >= 0.6 is 0 Å². The van der Waals surface area contributed by atoms with Crippen molar-refractivity contribution in [1.82, 2.24) is 16.0 Å². The molecule has 0 aromatic heterocycles. The first-order chi connectivity index (χ1) is 10.7. The zero-order valence-corrected chi connectivity index (χ0v) is 13.7. The van der Waals surface area contributed by atoms with Gasteiger partial charge in [-0.3, -0.25) is 9.59 Å². The first-order valence-corrected chi connectivity index (χ1v) is 7.10. The van der Waals surface area contributed by atoms with Crippen molar-refractivity contribution in [3.63, 3.8) is 0 Å². The summed E-state index contributed by atoms with van der Waals surface area (Å²) < 4.78 is 5.10. The molecule has 0 saturated carbocycles. The fourth-order valence-corrected chi connectivity index (χ4v) is 1.49. The highest BCUT2D eigenvalue weighted by Gasteiger charge is 2.24. The van der Waals surface area contributed by atoms with Crippen LogP contribution in [0.3, 0.4) is 0 Å². The Hall–Kier alpha value is -2.67. The minimum atomic E-state index is -0.935. The number of hydrogen-bond acceptors (Lipinski definition) is 4. The van der Waals surface area contributed by atoms with Crippen LogP contribution in [0.2, 0.25) is 0 Å². The molecule has 0 saturated heterocycles. The van der Waals surface area contributed by atoms with Crippen molar-refractivity contribution in [3.8, 4) is 24.7 Å². The molecule has 126 valence electrons. The van der Waals surface area contributed by atoms with E-state index in [2.05, 4.69) is 27.8 Å². The molecule has 0 spiro atoms. The predicted octanol–water partition coefficient (Wildman–Crippen LogP) is 0.159. The lowest BCUT2D eigenvalue weighted by Crippen LogP contribution is -2.48. The van der Waals surface area contributed by atoms with Gasteiger partial charge in [-0.15, -0.1) is 12.8 Å². The number of rotatable bonds is 7. The average Bonchev–Trinajstić information content (AvgIpc) is 2.44. The highest BCUT2D eigenvalue weighted by Crippen LogP contribution is 2.08. The molecule has 3 amide bonds. The molecule has 0 rings (SSSR count). The van der Waals surface area contributed by atoms with Crippen LogP contribution in [0.25, 0.3) is 0 Å². The summed E-state index contributed by atoms with van der Waals surface area (Å²) in [4.78, 5) is 35.3. The molecule has 0 fully saturated rings. The summed E-state index contributed by atoms with van der Waals surface area (Å²) in [6, 6.07) is -0.935. The average molecular weight is 321 g/mol. The molecule has 0 aliphatic heterocycles. The third-order valence-corrected chi connectivity index (χ3v) is 2.42. The number of carbonyl (C=O) groups is 3. The van der Waals surface area contributed by atoms with E-state index >= 15 is 0 Å². The Morgan fingerprint density at radius 2 is 1.65 bits per heavy atom. The van der Waals surface area contributed by atoms with Gasteiger partial charge in [0, 0.05) is 6.42 Å². The van der Waals surface area contributed by atoms with Crippen molar-refractivity contribution in [2.75, 3.05) is 13.1 Å². The van der Waals surface area contributed by atoms with Crippen molar-refractivity contribution in [3.05, 3.63) is 0 Å². The van der Waals surface area contributed by atoms with Gasteiger partial charge in [-0.05, 0) is 27.2 Å². The van der Waals surface area contributed by atoms with Crippen LogP contribution in [-0.4, -0.2) is 42.6 Å². The number of terminal acetylenes is 2. The van der Waals surface area contributed by atoms with Crippen molar-refractivity contribution < 1.29 is 19.1 Å². The summed E-state index contributed by atoms with van der Waals surface area (Å²) in [5, 5.41) is 7.37. The highest BCUT2D eigenvalue weighted by atomic mass is 16.6. The number of ether oxygens (including phenoxy) is 1. The van der Waals surface area contributed by atoms with Crippen LogP contribution in [0.5, 0.6) is 0 Å². The fraction of sp³-hybridized carbons (Fsp3) is 0.562. The Bertz CT molecular complexity index is 509. The topological polar surface area (TPSA) is 96.5 Å². The molecule has 0 radical (unpaired) electrons. The maximum absolute atomic E-state index is 12.0. The molecule has 1 atom stereocenters. The lowest BCUT2D eigenvalue weighted by molar-refractivity contribution is -0.124. The second-order valence-corrected chi connectivity index (χ2v) is 5.64. The van der Waals surface area contributed by atoms with E-state index in [0.717, 1.165) is 0 Å². The zero-order valence-electron chi connectivity index (χ0n) is 13.7. The van der Waals surface area contributed by atoms with Gasteiger partial charge in [0.05, 0.1) is 13.1 Å². The van der Waals surface area contributed by atoms with E-state index in [0.29, 0.717) is 0 Å². The molecule has 7 nitrogen and oxygen atoms in total. The van der Waals surface area contributed by atoms with Gasteiger partial charge >= 0.3 is 6.09 Å². The predicted molar refractivity (Wildman–Crippen MR) is 86.1 cm³/mol. The van der Waals surface area contributed by atoms with Gasteiger partial charge in [-0.25, -0.2) is 4.79 Å². The molecule has 0 aromatic rings. The Morgan fingerprint density at radius 1 is 1.09 bits per heavy atom. The van der Waals surface area contributed by atoms with E-state index in [4.69, 9.17) is 17.6 Å². The minimum Gasteiger partial charge on any atom is -0.444 e. The third-order valence-electron chi connectivity index (χ3n) is 2.42. The van der Waals surface area contributed by atoms with Gasteiger partial charge in [-0.2, -0.15) is 0 Å². The summed E-state index contributed by atoms with van der Waals surface area (Å²) in [5.74, 6) is 3.73. The summed E-state index contributed by atoms with van der Waals surface area (Å²) in [7, 11) is 0. The minimum absolute atomic E-state index is 0.0195. The van der Waals surface area contributed by atoms with Crippen LogP contribution in [0.1, 0.15) is 33.6 Å². The van der Waals surface area contributed by atoms with Gasteiger partial charge in [0.1, 0.15) is 11.6 Å². The Kier molecular flexibility index (Phi) is 8.95. The van der Waals surface area contributed by atoms with Crippen molar-refractivity contribution in [2.24, 2.45) is 0 Å². The maximum atomic E-state index is 12.0. The maximum Gasteiger partial charge on any atom is 0.408 e. The molecule has 0 bridgehead atoms. The van der Waals surface area contributed by atoms with Crippen LogP contribution in [0.4, 0.5) is 4.79 Å². The Balaban J connectivity index is 4.66. The van der Waals surface area contributed by atoms with Crippen LogP contribution in [0.15, 0.2) is 0 Å². The molecule has 23 heavy (non-hydrogen) atoms. The van der Waals surface area contributed by atoms with Crippen molar-refractivity contribution >= 4 is 17.9 Å². The molecule has 7 heteroatoms. The second kappa shape index (κ2) is 10.1. The summed E-state index contributed by atoms with van der Waals surface area (Å²) in [6.07, 6.45) is 9.48. The monoisotopic (exact) mass is 321 g/mol. The quantitative estimate of drug-likeness (QED) is 0.582. The lowest BCUT2D eigenvalue weighted by Gasteiger charge is -2.23. The van der Waals surface area contributed by atoms with E-state index < -0.39 is 23.6 Å². The number of alkyl carbamates (subject to hydrolysis) is 1.